The van der Waals surface area contributed by atoms with Crippen molar-refractivity contribution in [1.29, 1.82) is 0 Å². The molecule has 0 radical (unpaired) electrons. The van der Waals surface area contributed by atoms with Gasteiger partial charge in [0.25, 0.3) is 0 Å². The Morgan fingerprint density at radius 3 is 1.91 bits per heavy atom. The average Bonchev–Trinajstić information content (AvgIpc) is 3.85. The molecule has 266 valence electrons. The van der Waals surface area contributed by atoms with Gasteiger partial charge in [0.1, 0.15) is 5.82 Å². The topological polar surface area (TPSA) is 44.3 Å². The van der Waals surface area contributed by atoms with E-state index in [-0.39, 0.29) is 21.1 Å². The summed E-state index contributed by atoms with van der Waals surface area (Å²) in [4.78, 5) is 9.79. The first-order valence-corrected chi connectivity index (χ1v) is 18.3. The van der Waals surface area contributed by atoms with Crippen LogP contribution in [0, 0.1) is 12.1 Å². The third kappa shape index (κ3) is 5.51. The van der Waals surface area contributed by atoms with Crippen LogP contribution in [-0.4, -0.2) is 18.9 Å². The second-order valence-corrected chi connectivity index (χ2v) is 13.7. The molecule has 11 aromatic rings. The molecule has 0 amide bonds. The van der Waals surface area contributed by atoms with E-state index in [1.807, 2.05) is 48.8 Å². The molecule has 4 heterocycles. The molecule has 11 rings (SSSR count). The summed E-state index contributed by atoms with van der Waals surface area (Å²) < 4.78 is 11.1. The molecule has 0 aliphatic heterocycles. The summed E-state index contributed by atoms with van der Waals surface area (Å²) in [6.07, 6.45) is 3.79. The molecule has 0 aliphatic carbocycles. The van der Waals surface area contributed by atoms with Crippen molar-refractivity contribution in [2.24, 2.45) is 0 Å². The van der Waals surface area contributed by atoms with Crippen LogP contribution >= 0.6 is 0 Å². The molecule has 4 aromatic heterocycles. The first-order chi connectivity index (χ1) is 27.3. The fraction of sp³-hybridized carbons (Fsp3) is 0. The van der Waals surface area contributed by atoms with Gasteiger partial charge in [-0.1, -0.05) is 144 Å². The van der Waals surface area contributed by atoms with Gasteiger partial charge in [-0.25, -0.2) is 4.98 Å². The second kappa shape index (κ2) is 13.8. The largest absolute Gasteiger partial charge is 2.00 e. The number of ether oxygens (including phenoxy) is 1. The first-order valence-electron chi connectivity index (χ1n) is 18.3. The average molecular weight is 898 g/mol. The van der Waals surface area contributed by atoms with Gasteiger partial charge in [-0.05, 0) is 57.3 Å². The first kappa shape index (κ1) is 33.7. The standard InChI is InChI=1S/C50H30N4O.Pt/c1-4-14-33(15-5-1)36-28-42(34-16-6-2-7-17-34)49-43(29-36)39-25-23-37(30-44(39)50-52-32-47(54(49)50)35-18-8-3-9-19-35)55-38-24-26-41-40-20-10-11-21-45(40)53(46(41)31-38)48-22-12-13-27-51-48;/h1-29,32H;/q-2;+2. The predicted molar refractivity (Wildman–Crippen MR) is 223 cm³/mol. The molecule has 0 aliphatic rings. The zero-order chi connectivity index (χ0) is 36.3. The van der Waals surface area contributed by atoms with Gasteiger partial charge in [0.2, 0.25) is 0 Å². The van der Waals surface area contributed by atoms with Gasteiger partial charge in [-0.15, -0.1) is 29.7 Å². The molecule has 7 aromatic carbocycles. The Hall–Kier alpha value is -6.81. The predicted octanol–water partition coefficient (Wildman–Crippen LogP) is 12.5. The number of pyridine rings is 2. The number of imidazole rings is 1. The van der Waals surface area contributed by atoms with Crippen LogP contribution in [0.25, 0.3) is 88.5 Å². The van der Waals surface area contributed by atoms with Crippen LogP contribution in [0.15, 0.2) is 182 Å². The summed E-state index contributed by atoms with van der Waals surface area (Å²) in [5, 5.41) is 5.24. The van der Waals surface area contributed by atoms with Gasteiger partial charge >= 0.3 is 21.1 Å². The van der Waals surface area contributed by atoms with E-state index < -0.39 is 0 Å². The van der Waals surface area contributed by atoms with Crippen molar-refractivity contribution < 1.29 is 25.8 Å². The fourth-order valence-electron chi connectivity index (χ4n) is 7.99. The van der Waals surface area contributed by atoms with Crippen LogP contribution in [0.3, 0.4) is 0 Å². The van der Waals surface area contributed by atoms with Crippen LogP contribution in [0.1, 0.15) is 0 Å². The van der Waals surface area contributed by atoms with E-state index in [4.69, 9.17) is 9.72 Å². The Morgan fingerprint density at radius 2 is 1.16 bits per heavy atom. The third-order valence-electron chi connectivity index (χ3n) is 10.4. The maximum absolute atomic E-state index is 6.64. The molecule has 6 heteroatoms. The smallest absolute Gasteiger partial charge is 0.503 e. The van der Waals surface area contributed by atoms with E-state index in [1.54, 1.807) is 0 Å². The molecule has 0 bridgehead atoms. The Labute approximate surface area is 337 Å². The Morgan fingerprint density at radius 1 is 0.500 bits per heavy atom. The number of hydrogen-bond acceptors (Lipinski definition) is 3. The Kier molecular flexibility index (Phi) is 8.31. The zero-order valence-electron chi connectivity index (χ0n) is 29.8. The van der Waals surface area contributed by atoms with Crippen LogP contribution in [0.5, 0.6) is 11.5 Å². The summed E-state index contributed by atoms with van der Waals surface area (Å²) >= 11 is 0. The molecule has 5 nitrogen and oxygen atoms in total. The minimum atomic E-state index is 0. The molecule has 0 fully saturated rings. The number of para-hydroxylation sites is 1. The second-order valence-electron chi connectivity index (χ2n) is 13.7. The minimum Gasteiger partial charge on any atom is -0.503 e. The van der Waals surface area contributed by atoms with Crippen molar-refractivity contribution in [2.75, 3.05) is 0 Å². The molecule has 0 saturated carbocycles. The number of nitrogens with zero attached hydrogens (tertiary/aromatic N) is 4. The van der Waals surface area contributed by atoms with E-state index in [0.29, 0.717) is 11.5 Å². The number of fused-ring (bicyclic) bond motifs is 9. The maximum Gasteiger partial charge on any atom is 2.00 e. The van der Waals surface area contributed by atoms with Gasteiger partial charge in [-0.3, -0.25) is 4.98 Å². The summed E-state index contributed by atoms with van der Waals surface area (Å²) in [7, 11) is 0. The number of rotatable bonds is 6. The van der Waals surface area contributed by atoms with E-state index in [9.17, 15) is 0 Å². The van der Waals surface area contributed by atoms with Crippen LogP contribution < -0.4 is 4.74 Å². The Bertz CT molecular complexity index is 3210. The summed E-state index contributed by atoms with van der Waals surface area (Å²) in [5.41, 5.74) is 10.5. The fourth-order valence-corrected chi connectivity index (χ4v) is 7.99. The van der Waals surface area contributed by atoms with E-state index >= 15 is 0 Å². The van der Waals surface area contributed by atoms with Crippen molar-refractivity contribution in [3.05, 3.63) is 194 Å². The molecule has 0 spiro atoms. The molecule has 0 saturated heterocycles. The number of hydrogen-bond donors (Lipinski definition) is 0. The normalized spacial score (nSPS) is 11.4. The van der Waals surface area contributed by atoms with Crippen LogP contribution in [0.4, 0.5) is 0 Å². The van der Waals surface area contributed by atoms with E-state index in [2.05, 4.69) is 160 Å². The van der Waals surface area contributed by atoms with Gasteiger partial charge in [0.15, 0.2) is 0 Å². The number of benzene rings is 7. The zero-order valence-corrected chi connectivity index (χ0v) is 32.1. The van der Waals surface area contributed by atoms with Gasteiger partial charge in [-0.2, -0.15) is 6.07 Å². The molecular weight excluding hydrogens is 868 g/mol. The SMILES string of the molecule is [Pt+2].[c-]1c(Oc2[c-]c3c(cc2)c2ccccc2n3-c2ccccn2)ccc2c1c1ncc(-c3ccccc3)n1c1c(-c3ccccc3)cc(-c3ccccc3)cc21. The summed E-state index contributed by atoms with van der Waals surface area (Å²) in [6.45, 7) is 0. The van der Waals surface area contributed by atoms with Crippen molar-refractivity contribution in [3.63, 3.8) is 0 Å². The third-order valence-corrected chi connectivity index (χ3v) is 10.4. The van der Waals surface area contributed by atoms with Crippen LogP contribution in [0.2, 0.25) is 0 Å². The molecule has 0 N–H and O–H groups in total. The van der Waals surface area contributed by atoms with Gasteiger partial charge < -0.3 is 13.7 Å². The Balaban J connectivity index is 0.00000384. The maximum atomic E-state index is 6.64. The summed E-state index contributed by atoms with van der Waals surface area (Å²) in [5.74, 6) is 1.99. The summed E-state index contributed by atoms with van der Waals surface area (Å²) in [6, 6.07) is 66.1. The van der Waals surface area contributed by atoms with E-state index in [0.717, 1.165) is 88.5 Å². The van der Waals surface area contributed by atoms with Gasteiger partial charge in [0.05, 0.1) is 11.3 Å². The molecule has 0 atom stereocenters. The van der Waals surface area contributed by atoms with Crippen molar-refractivity contribution in [3.8, 4) is 50.8 Å². The molecule has 56 heavy (non-hydrogen) atoms. The van der Waals surface area contributed by atoms with Gasteiger partial charge in [0, 0.05) is 40.5 Å². The van der Waals surface area contributed by atoms with Crippen molar-refractivity contribution in [2.45, 2.75) is 0 Å². The number of aromatic nitrogens is 4. The molecule has 0 unspecified atom stereocenters. The van der Waals surface area contributed by atoms with E-state index in [1.165, 1.54) is 0 Å². The van der Waals surface area contributed by atoms with Crippen LogP contribution in [-0.2, 0) is 21.1 Å². The quantitative estimate of drug-likeness (QED) is 0.123. The monoisotopic (exact) mass is 897 g/mol. The minimum absolute atomic E-state index is 0. The van der Waals surface area contributed by atoms with Crippen molar-refractivity contribution >= 4 is 49.1 Å². The molecular formula is C50H30N4OPt. The van der Waals surface area contributed by atoms with Crippen molar-refractivity contribution in [1.82, 2.24) is 18.9 Å².